The molecular weight excluding hydrogens is 250 g/mol. The van der Waals surface area contributed by atoms with Crippen molar-refractivity contribution in [1.82, 2.24) is 14.5 Å². The molecule has 1 aromatic carbocycles. The minimum absolute atomic E-state index is 0.00521. The molecule has 0 amide bonds. The zero-order chi connectivity index (χ0) is 13.9. The highest BCUT2D eigenvalue weighted by Gasteiger charge is 2.11. The summed E-state index contributed by atoms with van der Waals surface area (Å²) in [7, 11) is 0. The summed E-state index contributed by atoms with van der Waals surface area (Å²) in [6.07, 6.45) is 5.56. The number of hydrogen-bond acceptors (Lipinski definition) is 2. The van der Waals surface area contributed by atoms with Crippen molar-refractivity contribution in [2.45, 2.75) is 26.3 Å². The quantitative estimate of drug-likeness (QED) is 0.789. The maximum absolute atomic E-state index is 12.4. The molecule has 3 aromatic rings. The molecule has 0 atom stereocenters. The minimum Gasteiger partial charge on any atom is -0.355 e. The van der Waals surface area contributed by atoms with E-state index in [0.29, 0.717) is 5.52 Å². The zero-order valence-corrected chi connectivity index (χ0v) is 11.5. The number of aromatic amines is 1. The molecule has 2 heterocycles. The van der Waals surface area contributed by atoms with Crippen LogP contribution >= 0.6 is 0 Å². The van der Waals surface area contributed by atoms with Gasteiger partial charge in [-0.25, -0.2) is 4.98 Å². The number of aryl methyl sites for hydroxylation is 1. The molecule has 0 aliphatic rings. The summed E-state index contributed by atoms with van der Waals surface area (Å²) < 4.78 is 1.68. The van der Waals surface area contributed by atoms with Gasteiger partial charge in [0.25, 0.3) is 5.56 Å². The van der Waals surface area contributed by atoms with Gasteiger partial charge in [0.1, 0.15) is 11.0 Å². The first-order valence-electron chi connectivity index (χ1n) is 6.93. The highest BCUT2D eigenvalue weighted by molar-refractivity contribution is 5.91. The lowest BCUT2D eigenvalue weighted by Crippen LogP contribution is -2.20. The van der Waals surface area contributed by atoms with Crippen LogP contribution in [0.4, 0.5) is 0 Å². The van der Waals surface area contributed by atoms with Crippen molar-refractivity contribution < 1.29 is 0 Å². The summed E-state index contributed by atoms with van der Waals surface area (Å²) in [6, 6.07) is 9.98. The highest BCUT2D eigenvalue weighted by Crippen LogP contribution is 2.24. The molecule has 0 fully saturated rings. The molecule has 3 rings (SSSR count). The van der Waals surface area contributed by atoms with Gasteiger partial charge in [-0.05, 0) is 12.0 Å². The number of nitrogens with one attached hydrogen (secondary N) is 1. The molecule has 1 N–H and O–H groups in total. The Morgan fingerprint density at radius 1 is 1.25 bits per heavy atom. The summed E-state index contributed by atoms with van der Waals surface area (Å²) >= 11 is 0. The monoisotopic (exact) mass is 267 g/mol. The third kappa shape index (κ3) is 2.13. The summed E-state index contributed by atoms with van der Waals surface area (Å²) in [4.78, 5) is 19.9. The fourth-order valence-corrected chi connectivity index (χ4v) is 2.36. The van der Waals surface area contributed by atoms with Crippen LogP contribution < -0.4 is 5.56 Å². The minimum atomic E-state index is 0.00521. The lowest BCUT2D eigenvalue weighted by Gasteiger charge is -2.04. The van der Waals surface area contributed by atoms with Crippen LogP contribution in [0.25, 0.3) is 22.2 Å². The smallest absolute Gasteiger partial charge is 0.277 e. The third-order valence-electron chi connectivity index (χ3n) is 3.49. The number of aromatic nitrogens is 3. The highest BCUT2D eigenvalue weighted by atomic mass is 16.1. The van der Waals surface area contributed by atoms with E-state index in [1.54, 1.807) is 10.9 Å². The predicted octanol–water partition coefficient (Wildman–Crippen LogP) is 3.19. The molecular formula is C16H17N3O. The van der Waals surface area contributed by atoms with Gasteiger partial charge < -0.3 is 4.98 Å². The van der Waals surface area contributed by atoms with E-state index < -0.39 is 0 Å². The molecule has 0 aliphatic carbocycles. The SMILES string of the molecule is CCCCn1cnc2c(-c3ccccc3)c[nH]c2c1=O. The van der Waals surface area contributed by atoms with Gasteiger partial charge in [-0.15, -0.1) is 0 Å². The van der Waals surface area contributed by atoms with E-state index in [-0.39, 0.29) is 5.56 Å². The van der Waals surface area contributed by atoms with Crippen LogP contribution in [0.2, 0.25) is 0 Å². The first-order valence-corrected chi connectivity index (χ1v) is 6.93. The summed E-state index contributed by atoms with van der Waals surface area (Å²) in [5, 5.41) is 0. The lowest BCUT2D eigenvalue weighted by atomic mass is 10.1. The number of H-pyrrole nitrogens is 1. The van der Waals surface area contributed by atoms with Crippen molar-refractivity contribution in [2.75, 3.05) is 0 Å². The maximum Gasteiger partial charge on any atom is 0.277 e. The van der Waals surface area contributed by atoms with Crippen molar-refractivity contribution >= 4 is 11.0 Å². The molecule has 0 bridgehead atoms. The van der Waals surface area contributed by atoms with Crippen LogP contribution in [0, 0.1) is 0 Å². The van der Waals surface area contributed by atoms with Crippen molar-refractivity contribution in [3.8, 4) is 11.1 Å². The molecule has 4 heteroatoms. The largest absolute Gasteiger partial charge is 0.355 e. The molecule has 4 nitrogen and oxygen atoms in total. The van der Waals surface area contributed by atoms with Gasteiger partial charge in [0, 0.05) is 18.3 Å². The van der Waals surface area contributed by atoms with Crippen molar-refractivity contribution in [3.05, 3.63) is 53.2 Å². The van der Waals surface area contributed by atoms with E-state index >= 15 is 0 Å². The normalized spacial score (nSPS) is 11.1. The van der Waals surface area contributed by atoms with Crippen molar-refractivity contribution in [1.29, 1.82) is 0 Å². The number of rotatable bonds is 4. The Hall–Kier alpha value is -2.36. The number of hydrogen-bond donors (Lipinski definition) is 1. The fourth-order valence-electron chi connectivity index (χ4n) is 2.36. The first kappa shape index (κ1) is 12.7. The van der Waals surface area contributed by atoms with Gasteiger partial charge in [0.2, 0.25) is 0 Å². The van der Waals surface area contributed by atoms with E-state index in [9.17, 15) is 4.79 Å². The van der Waals surface area contributed by atoms with Crippen LogP contribution in [0.15, 0.2) is 47.7 Å². The first-order chi connectivity index (χ1) is 9.81. The van der Waals surface area contributed by atoms with E-state index in [0.717, 1.165) is 36.0 Å². The van der Waals surface area contributed by atoms with Gasteiger partial charge in [-0.2, -0.15) is 0 Å². The molecule has 0 spiro atoms. The standard InChI is InChI=1S/C16H17N3O/c1-2-3-9-19-11-18-14-13(10-17-15(14)16(19)20)12-7-5-4-6-8-12/h4-8,10-11,17H,2-3,9H2,1H3. The van der Waals surface area contributed by atoms with Gasteiger partial charge in [-0.1, -0.05) is 43.7 Å². The van der Waals surface area contributed by atoms with Gasteiger partial charge in [-0.3, -0.25) is 9.36 Å². The third-order valence-corrected chi connectivity index (χ3v) is 3.49. The molecule has 0 aliphatic heterocycles. The van der Waals surface area contributed by atoms with Crippen LogP contribution in [-0.4, -0.2) is 14.5 Å². The molecule has 0 saturated carbocycles. The fraction of sp³-hybridized carbons (Fsp3) is 0.250. The maximum atomic E-state index is 12.4. The number of fused-ring (bicyclic) bond motifs is 1. The van der Waals surface area contributed by atoms with Crippen LogP contribution in [-0.2, 0) is 6.54 Å². The summed E-state index contributed by atoms with van der Waals surface area (Å²) in [5.74, 6) is 0. The average Bonchev–Trinajstić information content (AvgIpc) is 2.92. The van der Waals surface area contributed by atoms with Gasteiger partial charge in [0.05, 0.1) is 6.33 Å². The van der Waals surface area contributed by atoms with Crippen molar-refractivity contribution in [3.63, 3.8) is 0 Å². The lowest BCUT2D eigenvalue weighted by molar-refractivity contribution is 0.608. The molecule has 0 unspecified atom stereocenters. The Balaban J connectivity index is 2.11. The number of nitrogens with zero attached hydrogens (tertiary/aromatic N) is 2. The molecule has 0 radical (unpaired) electrons. The van der Waals surface area contributed by atoms with E-state index in [4.69, 9.17) is 0 Å². The molecule has 0 saturated heterocycles. The number of unbranched alkanes of at least 4 members (excludes halogenated alkanes) is 1. The second kappa shape index (κ2) is 5.33. The Morgan fingerprint density at radius 2 is 2.05 bits per heavy atom. The zero-order valence-electron chi connectivity index (χ0n) is 11.5. The second-order valence-electron chi connectivity index (χ2n) is 4.89. The Kier molecular flexibility index (Phi) is 3.37. The van der Waals surface area contributed by atoms with E-state index in [2.05, 4.69) is 16.9 Å². The molecule has 102 valence electrons. The van der Waals surface area contributed by atoms with Crippen LogP contribution in [0.5, 0.6) is 0 Å². The van der Waals surface area contributed by atoms with E-state index in [1.165, 1.54) is 0 Å². The Labute approximate surface area is 117 Å². The van der Waals surface area contributed by atoms with Crippen LogP contribution in [0.3, 0.4) is 0 Å². The van der Waals surface area contributed by atoms with Gasteiger partial charge >= 0.3 is 0 Å². The molecule has 2 aromatic heterocycles. The summed E-state index contributed by atoms with van der Waals surface area (Å²) in [5.41, 5.74) is 3.37. The van der Waals surface area contributed by atoms with Crippen LogP contribution in [0.1, 0.15) is 19.8 Å². The predicted molar refractivity (Wildman–Crippen MR) is 80.7 cm³/mol. The Bertz CT molecular complexity index is 771. The Morgan fingerprint density at radius 3 is 2.80 bits per heavy atom. The van der Waals surface area contributed by atoms with Gasteiger partial charge in [0.15, 0.2) is 0 Å². The van der Waals surface area contributed by atoms with E-state index in [1.807, 2.05) is 36.5 Å². The number of benzene rings is 1. The molecule has 20 heavy (non-hydrogen) atoms. The van der Waals surface area contributed by atoms with Crippen molar-refractivity contribution in [2.24, 2.45) is 0 Å². The summed E-state index contributed by atoms with van der Waals surface area (Å²) in [6.45, 7) is 2.83. The average molecular weight is 267 g/mol. The topological polar surface area (TPSA) is 50.7 Å². The second-order valence-corrected chi connectivity index (χ2v) is 4.89.